The van der Waals surface area contributed by atoms with Crippen LogP contribution in [-0.4, -0.2) is 6.18 Å². The van der Waals surface area contributed by atoms with Crippen molar-refractivity contribution in [2.75, 3.05) is 5.73 Å². The molecule has 3 nitrogen and oxygen atoms in total. The Labute approximate surface area is 159 Å². The number of fused-ring (bicyclic) bond motifs is 3. The van der Waals surface area contributed by atoms with Crippen molar-refractivity contribution in [2.24, 2.45) is 0 Å². The maximum absolute atomic E-state index is 13.8. The molecule has 3 aromatic rings. The summed E-state index contributed by atoms with van der Waals surface area (Å²) in [7, 11) is 0. The van der Waals surface area contributed by atoms with Crippen LogP contribution in [-0.2, 0) is 0 Å². The van der Waals surface area contributed by atoms with Crippen molar-refractivity contribution in [3.8, 4) is 34.1 Å². The minimum Gasteiger partial charge on any atom is -0.475 e. The lowest BCUT2D eigenvalue weighted by atomic mass is 9.81. The Balaban J connectivity index is 2.16. The van der Waals surface area contributed by atoms with Crippen LogP contribution in [0.5, 0.6) is 5.75 Å². The van der Waals surface area contributed by atoms with Gasteiger partial charge >= 0.3 is 6.18 Å². The molecular weight excluding hydrogens is 365 g/mol. The van der Waals surface area contributed by atoms with E-state index in [0.717, 1.165) is 5.56 Å². The molecule has 1 aliphatic rings. The van der Waals surface area contributed by atoms with E-state index < -0.39 is 12.3 Å². The van der Waals surface area contributed by atoms with Gasteiger partial charge in [-0.1, -0.05) is 48.5 Å². The molecule has 0 saturated carbocycles. The molecule has 0 saturated heterocycles. The average Bonchev–Trinajstić information content (AvgIpc) is 2.69. The van der Waals surface area contributed by atoms with E-state index in [4.69, 9.17) is 10.5 Å². The van der Waals surface area contributed by atoms with E-state index in [-0.39, 0.29) is 22.6 Å². The van der Waals surface area contributed by atoms with E-state index in [2.05, 4.69) is 0 Å². The van der Waals surface area contributed by atoms with E-state index in [1.165, 1.54) is 6.07 Å². The summed E-state index contributed by atoms with van der Waals surface area (Å²) in [5.74, 6) is 0.142. The first-order valence-corrected chi connectivity index (χ1v) is 8.58. The molecule has 2 N–H and O–H groups in total. The molecular formula is C22H15F3N2O. The largest absolute Gasteiger partial charge is 0.475 e. The number of rotatable bonds is 1. The van der Waals surface area contributed by atoms with Crippen LogP contribution in [0.4, 0.5) is 18.9 Å². The number of halogens is 3. The highest BCUT2D eigenvalue weighted by Gasteiger charge is 2.48. The van der Waals surface area contributed by atoms with Gasteiger partial charge in [0.25, 0.3) is 0 Å². The Morgan fingerprint density at radius 1 is 1.00 bits per heavy atom. The van der Waals surface area contributed by atoms with Crippen LogP contribution in [0.1, 0.15) is 22.8 Å². The summed E-state index contributed by atoms with van der Waals surface area (Å²) in [6, 6.07) is 17.6. The van der Waals surface area contributed by atoms with Crippen LogP contribution in [0.25, 0.3) is 22.3 Å². The highest BCUT2D eigenvalue weighted by atomic mass is 19.4. The van der Waals surface area contributed by atoms with Gasteiger partial charge in [-0.25, -0.2) is 0 Å². The van der Waals surface area contributed by atoms with Crippen LogP contribution in [0.3, 0.4) is 0 Å². The lowest BCUT2D eigenvalue weighted by Crippen LogP contribution is -2.30. The molecule has 0 radical (unpaired) electrons. The van der Waals surface area contributed by atoms with Gasteiger partial charge in [-0.05, 0) is 29.7 Å². The third-order valence-corrected chi connectivity index (χ3v) is 4.96. The maximum atomic E-state index is 13.8. The molecule has 0 aromatic heterocycles. The Morgan fingerprint density at radius 2 is 1.64 bits per heavy atom. The molecule has 0 spiro atoms. The Kier molecular flexibility index (Phi) is 4.04. The van der Waals surface area contributed by atoms with E-state index in [1.807, 2.05) is 24.3 Å². The minimum atomic E-state index is -4.68. The van der Waals surface area contributed by atoms with Gasteiger partial charge in [0.1, 0.15) is 11.8 Å². The Bertz CT molecular complexity index is 1120. The molecule has 0 aliphatic carbocycles. The number of hydrogen-bond donors (Lipinski definition) is 1. The van der Waals surface area contributed by atoms with Crippen molar-refractivity contribution in [3.63, 3.8) is 0 Å². The summed E-state index contributed by atoms with van der Waals surface area (Å²) in [5.41, 5.74) is 8.53. The predicted molar refractivity (Wildman–Crippen MR) is 101 cm³/mol. The normalized spacial score (nSPS) is 15.2. The number of anilines is 1. The van der Waals surface area contributed by atoms with Gasteiger partial charge in [0.05, 0.1) is 11.3 Å². The van der Waals surface area contributed by atoms with Gasteiger partial charge in [-0.15, -0.1) is 0 Å². The Hall–Kier alpha value is -3.46. The zero-order valence-electron chi connectivity index (χ0n) is 14.8. The highest BCUT2D eigenvalue weighted by molar-refractivity contribution is 5.93. The number of hydrogen-bond acceptors (Lipinski definition) is 3. The van der Waals surface area contributed by atoms with Crippen LogP contribution in [0, 0.1) is 18.3 Å². The Morgan fingerprint density at radius 3 is 2.29 bits per heavy atom. The molecule has 28 heavy (non-hydrogen) atoms. The van der Waals surface area contributed by atoms with Crippen molar-refractivity contribution in [1.29, 1.82) is 5.26 Å². The van der Waals surface area contributed by atoms with Crippen LogP contribution in [0.15, 0.2) is 54.6 Å². The number of nitriles is 1. The molecule has 1 atom stereocenters. The minimum absolute atomic E-state index is 0.0275. The number of nitrogens with zero attached hydrogens (tertiary/aromatic N) is 1. The standard InChI is InChI=1S/C22H15F3N2O/c1-12-17(13-7-3-2-4-8-13)15(11-26)20(27)19-18(12)14-9-5-6-10-16(14)28-21(19)22(23,24)25/h2-10,21H,27H2,1H3. The zero-order valence-corrected chi connectivity index (χ0v) is 14.8. The second kappa shape index (κ2) is 6.31. The van der Waals surface area contributed by atoms with Crippen molar-refractivity contribution < 1.29 is 17.9 Å². The van der Waals surface area contributed by atoms with Crippen molar-refractivity contribution >= 4 is 5.69 Å². The summed E-state index contributed by atoms with van der Waals surface area (Å²) in [6.07, 6.45) is -6.91. The van der Waals surface area contributed by atoms with Gasteiger partial charge < -0.3 is 10.5 Å². The third kappa shape index (κ3) is 2.59. The van der Waals surface area contributed by atoms with Gasteiger partial charge in [0.2, 0.25) is 6.10 Å². The SMILES string of the molecule is Cc1c(-c2ccccc2)c(C#N)c(N)c2c1-c1ccccc1OC2C(F)(F)F. The summed E-state index contributed by atoms with van der Waals surface area (Å²) >= 11 is 0. The molecule has 1 aliphatic heterocycles. The fourth-order valence-electron chi connectivity index (χ4n) is 3.81. The second-order valence-electron chi connectivity index (χ2n) is 6.59. The number of benzene rings is 3. The van der Waals surface area contributed by atoms with E-state index in [1.54, 1.807) is 37.3 Å². The molecule has 0 fully saturated rings. The summed E-state index contributed by atoms with van der Waals surface area (Å²) in [6.45, 7) is 1.72. The summed E-state index contributed by atoms with van der Waals surface area (Å²) < 4.78 is 46.8. The number of nitrogens with two attached hydrogens (primary N) is 1. The lowest BCUT2D eigenvalue weighted by molar-refractivity contribution is -0.198. The third-order valence-electron chi connectivity index (χ3n) is 4.96. The fraction of sp³-hybridized carbons (Fsp3) is 0.136. The zero-order chi connectivity index (χ0) is 20.1. The van der Waals surface area contributed by atoms with Crippen molar-refractivity contribution in [1.82, 2.24) is 0 Å². The first kappa shape index (κ1) is 17.9. The van der Waals surface area contributed by atoms with Crippen LogP contribution < -0.4 is 10.5 Å². The van der Waals surface area contributed by atoms with Crippen molar-refractivity contribution in [2.45, 2.75) is 19.2 Å². The van der Waals surface area contributed by atoms with E-state index in [0.29, 0.717) is 22.3 Å². The van der Waals surface area contributed by atoms with Gasteiger partial charge in [0.15, 0.2) is 0 Å². The molecule has 4 rings (SSSR count). The van der Waals surface area contributed by atoms with Gasteiger partial charge in [0, 0.05) is 16.7 Å². The molecule has 140 valence electrons. The molecule has 0 bridgehead atoms. The van der Waals surface area contributed by atoms with E-state index >= 15 is 0 Å². The first-order valence-electron chi connectivity index (χ1n) is 8.58. The van der Waals surface area contributed by atoms with Gasteiger partial charge in [-0.3, -0.25) is 0 Å². The molecule has 0 amide bonds. The summed E-state index contributed by atoms with van der Waals surface area (Å²) in [5, 5.41) is 9.72. The van der Waals surface area contributed by atoms with Crippen LogP contribution >= 0.6 is 0 Å². The second-order valence-corrected chi connectivity index (χ2v) is 6.59. The molecule has 3 aromatic carbocycles. The van der Waals surface area contributed by atoms with Crippen LogP contribution in [0.2, 0.25) is 0 Å². The quantitative estimate of drug-likeness (QED) is 0.545. The summed E-state index contributed by atoms with van der Waals surface area (Å²) in [4.78, 5) is 0. The molecule has 1 heterocycles. The van der Waals surface area contributed by atoms with E-state index in [9.17, 15) is 18.4 Å². The first-order chi connectivity index (χ1) is 13.3. The lowest BCUT2D eigenvalue weighted by Gasteiger charge is -2.33. The predicted octanol–water partition coefficient (Wildman–Crippen LogP) is 5.78. The fourth-order valence-corrected chi connectivity index (χ4v) is 3.81. The average molecular weight is 380 g/mol. The van der Waals surface area contributed by atoms with Crippen molar-refractivity contribution in [3.05, 3.63) is 71.3 Å². The smallest absolute Gasteiger partial charge is 0.429 e. The molecule has 6 heteroatoms. The number of para-hydroxylation sites is 1. The number of alkyl halides is 3. The number of ether oxygens (including phenoxy) is 1. The number of nitrogen functional groups attached to an aromatic ring is 1. The highest BCUT2D eigenvalue weighted by Crippen LogP contribution is 2.54. The monoisotopic (exact) mass is 380 g/mol. The molecule has 1 unspecified atom stereocenters. The van der Waals surface area contributed by atoms with Gasteiger partial charge in [-0.2, -0.15) is 18.4 Å². The maximum Gasteiger partial charge on any atom is 0.429 e. The topological polar surface area (TPSA) is 59.0 Å².